The van der Waals surface area contributed by atoms with Crippen molar-refractivity contribution in [2.75, 3.05) is 30.4 Å². The molecule has 176 valence electrons. The summed E-state index contributed by atoms with van der Waals surface area (Å²) in [6, 6.07) is 16.7. The molecule has 0 aliphatic carbocycles. The zero-order chi connectivity index (χ0) is 24.1. The summed E-state index contributed by atoms with van der Waals surface area (Å²) in [5, 5.41) is 25.5. The van der Waals surface area contributed by atoms with E-state index in [2.05, 4.69) is 15.3 Å². The van der Waals surface area contributed by atoms with E-state index in [4.69, 9.17) is 10.1 Å². The quantitative estimate of drug-likeness (QED) is 0.466. The number of hydrogen-bond donors (Lipinski definition) is 3. The van der Waals surface area contributed by atoms with Crippen LogP contribution in [0.25, 0.3) is 11.4 Å². The molecule has 34 heavy (non-hydrogen) atoms. The third-order valence-corrected chi connectivity index (χ3v) is 5.98. The van der Waals surface area contributed by atoms with Crippen molar-refractivity contribution in [3.8, 4) is 11.4 Å². The molecule has 1 saturated heterocycles. The Morgan fingerprint density at radius 3 is 2.59 bits per heavy atom. The van der Waals surface area contributed by atoms with Crippen LogP contribution in [0.15, 0.2) is 71.7 Å². The highest BCUT2D eigenvalue weighted by atomic mass is 16.5. The first-order valence-electron chi connectivity index (χ1n) is 11.2. The average Bonchev–Trinajstić information content (AvgIpc) is 2.84. The molecular weight excluding hydrogens is 430 g/mol. The molecular formula is C26H29N5O3. The lowest BCUT2D eigenvalue weighted by molar-refractivity contribution is 0.0351. The number of aliphatic hydroxyl groups is 1. The molecule has 4 rings (SSSR count). The Morgan fingerprint density at radius 1 is 1.18 bits per heavy atom. The Bertz CT molecular complexity index is 1240. The maximum atomic E-state index is 12.7. The topological polar surface area (TPSA) is 103 Å². The number of piperidine rings is 1. The number of benzene rings is 2. The minimum Gasteiger partial charge on any atom is -0.494 e. The number of allylic oxidation sites excluding steroid dienone is 1. The van der Waals surface area contributed by atoms with Crippen molar-refractivity contribution in [1.29, 1.82) is 5.41 Å². The summed E-state index contributed by atoms with van der Waals surface area (Å²) in [5.41, 5.74) is 2.22. The highest BCUT2D eigenvalue weighted by Gasteiger charge is 2.27. The lowest BCUT2D eigenvalue weighted by atomic mass is 9.93. The van der Waals surface area contributed by atoms with Crippen molar-refractivity contribution in [3.05, 3.63) is 82.8 Å². The molecule has 3 aromatic rings. The Labute approximate surface area is 198 Å². The summed E-state index contributed by atoms with van der Waals surface area (Å²) in [6.07, 6.45) is 5.64. The predicted molar refractivity (Wildman–Crippen MR) is 135 cm³/mol. The Balaban J connectivity index is 1.67. The fourth-order valence-electron chi connectivity index (χ4n) is 3.97. The summed E-state index contributed by atoms with van der Waals surface area (Å²) in [7, 11) is 1.60. The first-order valence-corrected chi connectivity index (χ1v) is 11.2. The van der Waals surface area contributed by atoms with Crippen molar-refractivity contribution in [1.82, 2.24) is 9.78 Å². The summed E-state index contributed by atoms with van der Waals surface area (Å²) in [4.78, 5) is 14.9. The van der Waals surface area contributed by atoms with Gasteiger partial charge in [0.2, 0.25) is 5.43 Å². The van der Waals surface area contributed by atoms with Crippen LogP contribution in [0.5, 0.6) is 5.75 Å². The molecule has 0 bridgehead atoms. The van der Waals surface area contributed by atoms with Crippen LogP contribution in [0.4, 0.5) is 11.4 Å². The average molecular weight is 460 g/mol. The second kappa shape index (κ2) is 9.93. The second-order valence-corrected chi connectivity index (χ2v) is 8.55. The van der Waals surface area contributed by atoms with Gasteiger partial charge in [-0.15, -0.1) is 0 Å². The van der Waals surface area contributed by atoms with Crippen LogP contribution in [0, 0.1) is 5.41 Å². The molecule has 1 aromatic heterocycles. The van der Waals surface area contributed by atoms with Crippen molar-refractivity contribution in [2.24, 2.45) is 0 Å². The van der Waals surface area contributed by atoms with E-state index in [0.717, 1.165) is 30.7 Å². The van der Waals surface area contributed by atoms with Crippen LogP contribution in [0.3, 0.4) is 0 Å². The molecule has 1 aliphatic rings. The molecule has 0 unspecified atom stereocenters. The number of rotatable bonds is 7. The van der Waals surface area contributed by atoms with E-state index in [0.29, 0.717) is 30.0 Å². The van der Waals surface area contributed by atoms with E-state index in [1.54, 1.807) is 18.0 Å². The summed E-state index contributed by atoms with van der Waals surface area (Å²) < 4.78 is 7.27. The number of methoxy groups -OCH3 is 1. The van der Waals surface area contributed by atoms with Gasteiger partial charge in [-0.2, -0.15) is 5.10 Å². The van der Waals surface area contributed by atoms with Crippen molar-refractivity contribution < 1.29 is 9.84 Å². The maximum absolute atomic E-state index is 12.7. The van der Waals surface area contributed by atoms with Crippen molar-refractivity contribution >= 4 is 23.3 Å². The smallest absolute Gasteiger partial charge is 0.209 e. The number of anilines is 2. The first-order chi connectivity index (χ1) is 16.4. The fraction of sp³-hybridized carbons (Fsp3) is 0.269. The van der Waals surface area contributed by atoms with Gasteiger partial charge in [0.1, 0.15) is 11.4 Å². The van der Waals surface area contributed by atoms with Gasteiger partial charge in [0, 0.05) is 49.0 Å². The van der Waals surface area contributed by atoms with Gasteiger partial charge < -0.3 is 25.5 Å². The highest BCUT2D eigenvalue weighted by molar-refractivity contribution is 5.86. The van der Waals surface area contributed by atoms with Gasteiger partial charge in [0.05, 0.1) is 18.4 Å². The van der Waals surface area contributed by atoms with Gasteiger partial charge in [-0.1, -0.05) is 18.2 Å². The van der Waals surface area contributed by atoms with Gasteiger partial charge in [-0.05, 0) is 50.1 Å². The van der Waals surface area contributed by atoms with Crippen LogP contribution in [0.1, 0.15) is 25.5 Å². The van der Waals surface area contributed by atoms with Crippen molar-refractivity contribution in [3.63, 3.8) is 0 Å². The number of nitrogens with zero attached hydrogens (tertiary/aromatic N) is 3. The van der Waals surface area contributed by atoms with Gasteiger partial charge in [-0.3, -0.25) is 4.79 Å². The summed E-state index contributed by atoms with van der Waals surface area (Å²) in [6.45, 7) is 3.40. The molecule has 1 fully saturated rings. The van der Waals surface area contributed by atoms with Crippen LogP contribution in [0.2, 0.25) is 0 Å². The largest absolute Gasteiger partial charge is 0.494 e. The third-order valence-electron chi connectivity index (χ3n) is 5.98. The van der Waals surface area contributed by atoms with E-state index in [9.17, 15) is 9.90 Å². The monoisotopic (exact) mass is 459 g/mol. The van der Waals surface area contributed by atoms with Crippen LogP contribution in [-0.4, -0.2) is 46.9 Å². The zero-order valence-electron chi connectivity index (χ0n) is 19.4. The number of ether oxygens (including phenoxy) is 1. The summed E-state index contributed by atoms with van der Waals surface area (Å²) in [5.74, 6) is 0.616. The number of hydrogen-bond acceptors (Lipinski definition) is 7. The molecule has 0 amide bonds. The molecule has 0 radical (unpaired) electrons. The Morgan fingerprint density at radius 2 is 1.91 bits per heavy atom. The van der Waals surface area contributed by atoms with Crippen LogP contribution >= 0.6 is 0 Å². The lowest BCUT2D eigenvalue weighted by Crippen LogP contribution is -2.42. The van der Waals surface area contributed by atoms with Gasteiger partial charge in [0.15, 0.2) is 5.69 Å². The SMILES string of the molecule is COc1cc(N2CCC(C)(O)CC2)ccc1-n1ccc(=O)c(/C(=C/C=N)Nc2ccccc2)n1. The van der Waals surface area contributed by atoms with Crippen LogP contribution in [-0.2, 0) is 0 Å². The van der Waals surface area contributed by atoms with E-state index in [1.807, 2.05) is 55.5 Å². The number of para-hydroxylation sites is 1. The van der Waals surface area contributed by atoms with Gasteiger partial charge in [0.25, 0.3) is 0 Å². The number of aromatic nitrogens is 2. The predicted octanol–water partition coefficient (Wildman–Crippen LogP) is 3.69. The third kappa shape index (κ3) is 5.18. The second-order valence-electron chi connectivity index (χ2n) is 8.55. The molecule has 3 N–H and O–H groups in total. The lowest BCUT2D eigenvalue weighted by Gasteiger charge is -2.37. The molecule has 8 nitrogen and oxygen atoms in total. The maximum Gasteiger partial charge on any atom is 0.209 e. The minimum absolute atomic E-state index is 0.194. The Kier molecular flexibility index (Phi) is 6.79. The standard InChI is InChI=1S/C26H29N5O3/c1-26(33)12-16-30(17-13-26)20-8-9-22(24(18-20)34-2)31-15-11-23(32)25(29-31)21(10-14-27)28-19-6-4-3-5-7-19/h3-11,14-15,18,27-28,33H,12-13,16-17H2,1-2H3/b21-10-,27-14?. The van der Waals surface area contributed by atoms with E-state index in [-0.39, 0.29) is 11.1 Å². The Hall–Kier alpha value is -3.91. The normalized spacial score (nSPS) is 15.6. The van der Waals surface area contributed by atoms with Crippen LogP contribution < -0.4 is 20.4 Å². The fourth-order valence-corrected chi connectivity index (χ4v) is 3.97. The summed E-state index contributed by atoms with van der Waals surface area (Å²) >= 11 is 0. The molecule has 0 saturated carbocycles. The van der Waals surface area contributed by atoms with Gasteiger partial charge in [-0.25, -0.2) is 4.68 Å². The van der Waals surface area contributed by atoms with E-state index < -0.39 is 5.60 Å². The molecule has 2 heterocycles. The first kappa shape index (κ1) is 23.3. The molecule has 2 aromatic carbocycles. The van der Waals surface area contributed by atoms with E-state index >= 15 is 0 Å². The zero-order valence-corrected chi connectivity index (χ0v) is 19.4. The molecule has 1 aliphatic heterocycles. The van der Waals surface area contributed by atoms with Crippen molar-refractivity contribution in [2.45, 2.75) is 25.4 Å². The van der Waals surface area contributed by atoms with E-state index in [1.165, 1.54) is 12.1 Å². The van der Waals surface area contributed by atoms with Gasteiger partial charge >= 0.3 is 0 Å². The highest BCUT2D eigenvalue weighted by Crippen LogP contribution is 2.31. The molecule has 0 spiro atoms. The minimum atomic E-state index is -0.619. The molecule has 0 atom stereocenters. The number of nitrogens with one attached hydrogen (secondary N) is 2. The molecule has 8 heteroatoms.